The summed E-state index contributed by atoms with van der Waals surface area (Å²) in [6, 6.07) is 0. The Bertz CT molecular complexity index is 277. The molecule has 1 atom stereocenters. The third-order valence-corrected chi connectivity index (χ3v) is 1.80. The van der Waals surface area contributed by atoms with Crippen LogP contribution in [0.3, 0.4) is 0 Å². The third kappa shape index (κ3) is 3.30. The molecule has 0 aromatic carbocycles. The molecule has 1 heterocycles. The summed E-state index contributed by atoms with van der Waals surface area (Å²) in [5.41, 5.74) is -1.59. The molecule has 3 heteroatoms. The van der Waals surface area contributed by atoms with Gasteiger partial charge in [-0.3, -0.25) is 0 Å². The van der Waals surface area contributed by atoms with Gasteiger partial charge in [0.25, 0.3) is 0 Å². The molecule has 0 saturated carbocycles. The first-order valence-corrected chi connectivity index (χ1v) is 4.73. The van der Waals surface area contributed by atoms with Crippen LogP contribution in [0.15, 0.2) is 0 Å². The normalized spacial score (nSPS) is 31.0. The molecule has 1 fully saturated rings. The highest BCUT2D eigenvalue weighted by atomic mass is 16.7. The average molecular weight is 198 g/mol. The van der Waals surface area contributed by atoms with Gasteiger partial charge in [0.05, 0.1) is 6.61 Å². The second kappa shape index (κ2) is 3.23. The van der Waals surface area contributed by atoms with Crippen LogP contribution in [0, 0.1) is 11.8 Å². The van der Waals surface area contributed by atoms with Crippen LogP contribution in [-0.4, -0.2) is 28.7 Å². The van der Waals surface area contributed by atoms with Crippen LogP contribution in [-0.2, 0) is 9.47 Å². The summed E-state index contributed by atoms with van der Waals surface area (Å²) < 4.78 is 11.0. The third-order valence-electron chi connectivity index (χ3n) is 1.80. The van der Waals surface area contributed by atoms with Crippen LogP contribution in [0.5, 0.6) is 0 Å². The Kier molecular flexibility index (Phi) is 2.66. The largest absolute Gasteiger partial charge is 0.378 e. The van der Waals surface area contributed by atoms with E-state index in [0.29, 0.717) is 6.61 Å². The van der Waals surface area contributed by atoms with E-state index in [1.807, 2.05) is 20.8 Å². The molecule has 1 N–H and O–H groups in total. The fraction of sp³-hybridized carbons (Fsp3) is 0.818. The van der Waals surface area contributed by atoms with Gasteiger partial charge in [0.2, 0.25) is 0 Å². The molecule has 0 aromatic heterocycles. The lowest BCUT2D eigenvalue weighted by Crippen LogP contribution is -2.30. The summed E-state index contributed by atoms with van der Waals surface area (Å²) in [4.78, 5) is 0. The van der Waals surface area contributed by atoms with E-state index in [4.69, 9.17) is 9.47 Å². The molecule has 1 aliphatic heterocycles. The predicted molar refractivity (Wildman–Crippen MR) is 53.6 cm³/mol. The summed E-state index contributed by atoms with van der Waals surface area (Å²) in [5, 5.41) is 9.45. The number of hydrogen-bond acceptors (Lipinski definition) is 3. The summed E-state index contributed by atoms with van der Waals surface area (Å²) >= 11 is 0. The Labute approximate surface area is 85.4 Å². The van der Waals surface area contributed by atoms with Crippen molar-refractivity contribution in [2.24, 2.45) is 0 Å². The van der Waals surface area contributed by atoms with E-state index in [1.54, 1.807) is 13.8 Å². The Morgan fingerprint density at radius 2 is 1.86 bits per heavy atom. The first-order chi connectivity index (χ1) is 6.12. The predicted octanol–water partition coefficient (Wildman–Crippen LogP) is 1.30. The van der Waals surface area contributed by atoms with Crippen molar-refractivity contribution >= 4 is 0 Å². The lowest BCUT2D eigenvalue weighted by Gasteiger charge is -2.20. The first-order valence-electron chi connectivity index (χ1n) is 4.73. The van der Waals surface area contributed by atoms with Gasteiger partial charge >= 0.3 is 0 Å². The zero-order chi connectivity index (χ0) is 11.0. The molecular formula is C11H18O3. The van der Waals surface area contributed by atoms with E-state index in [-0.39, 0.29) is 0 Å². The maximum absolute atomic E-state index is 9.45. The van der Waals surface area contributed by atoms with E-state index in [1.165, 1.54) is 0 Å². The Hall–Kier alpha value is -0.560. The lowest BCUT2D eigenvalue weighted by molar-refractivity contribution is -0.146. The number of aliphatic hydroxyl groups is 1. The molecule has 0 spiro atoms. The second-order valence-corrected chi connectivity index (χ2v) is 4.83. The van der Waals surface area contributed by atoms with Gasteiger partial charge in [0, 0.05) is 0 Å². The van der Waals surface area contributed by atoms with E-state index >= 15 is 0 Å². The van der Waals surface area contributed by atoms with Crippen LogP contribution in [0.2, 0.25) is 0 Å². The molecule has 80 valence electrons. The molecule has 0 aromatic rings. The molecule has 1 rings (SSSR count). The minimum Gasteiger partial charge on any atom is -0.378 e. The molecule has 1 saturated heterocycles. The Morgan fingerprint density at radius 1 is 1.29 bits per heavy atom. The maximum atomic E-state index is 9.45. The van der Waals surface area contributed by atoms with Crippen molar-refractivity contribution in [2.45, 2.75) is 51.6 Å². The minimum absolute atomic E-state index is 0.434. The molecule has 0 bridgehead atoms. The number of rotatable bonds is 0. The quantitative estimate of drug-likeness (QED) is 0.596. The minimum atomic E-state index is -0.987. The van der Waals surface area contributed by atoms with Crippen molar-refractivity contribution in [3.8, 4) is 11.8 Å². The van der Waals surface area contributed by atoms with Crippen LogP contribution >= 0.6 is 0 Å². The average Bonchev–Trinajstić information content (AvgIpc) is 2.22. The zero-order valence-corrected chi connectivity index (χ0v) is 9.47. The van der Waals surface area contributed by atoms with Gasteiger partial charge in [-0.2, -0.15) is 0 Å². The number of ether oxygens (including phenoxy) is 2. The molecule has 0 aliphatic carbocycles. The smallest absolute Gasteiger partial charge is 0.165 e. The van der Waals surface area contributed by atoms with Gasteiger partial charge in [-0.05, 0) is 34.6 Å². The molecular weight excluding hydrogens is 180 g/mol. The second-order valence-electron chi connectivity index (χ2n) is 4.83. The maximum Gasteiger partial charge on any atom is 0.165 e. The monoisotopic (exact) mass is 198 g/mol. The van der Waals surface area contributed by atoms with Crippen LogP contribution in [0.25, 0.3) is 0 Å². The molecule has 1 aliphatic rings. The van der Waals surface area contributed by atoms with E-state index in [0.717, 1.165) is 0 Å². The van der Waals surface area contributed by atoms with E-state index in [9.17, 15) is 5.11 Å². The molecule has 0 radical (unpaired) electrons. The van der Waals surface area contributed by atoms with Gasteiger partial charge in [0.1, 0.15) is 5.60 Å². The van der Waals surface area contributed by atoms with Gasteiger partial charge in [-0.15, -0.1) is 0 Å². The van der Waals surface area contributed by atoms with Gasteiger partial charge < -0.3 is 14.6 Å². The van der Waals surface area contributed by atoms with Crippen molar-refractivity contribution < 1.29 is 14.6 Å². The highest BCUT2D eigenvalue weighted by molar-refractivity contribution is 5.20. The fourth-order valence-electron chi connectivity index (χ4n) is 1.26. The summed E-state index contributed by atoms with van der Waals surface area (Å²) in [6.07, 6.45) is 0. The van der Waals surface area contributed by atoms with Gasteiger partial charge in [-0.25, -0.2) is 0 Å². The highest BCUT2D eigenvalue weighted by Gasteiger charge is 2.40. The zero-order valence-electron chi connectivity index (χ0n) is 9.47. The van der Waals surface area contributed by atoms with Crippen molar-refractivity contribution in [3.05, 3.63) is 0 Å². The fourth-order valence-corrected chi connectivity index (χ4v) is 1.26. The van der Waals surface area contributed by atoms with Crippen LogP contribution in [0.4, 0.5) is 0 Å². The van der Waals surface area contributed by atoms with Crippen molar-refractivity contribution in [2.75, 3.05) is 6.61 Å². The van der Waals surface area contributed by atoms with Crippen LogP contribution in [0.1, 0.15) is 34.6 Å². The summed E-state index contributed by atoms with van der Waals surface area (Å²) in [5.74, 6) is 5.07. The highest BCUT2D eigenvalue weighted by Crippen LogP contribution is 2.30. The van der Waals surface area contributed by atoms with E-state index in [2.05, 4.69) is 11.8 Å². The van der Waals surface area contributed by atoms with E-state index < -0.39 is 17.0 Å². The Balaban J connectivity index is 2.74. The molecule has 1 unspecified atom stereocenters. The van der Waals surface area contributed by atoms with Crippen molar-refractivity contribution in [1.82, 2.24) is 0 Å². The first kappa shape index (κ1) is 11.5. The molecule has 0 amide bonds. The van der Waals surface area contributed by atoms with Crippen molar-refractivity contribution in [3.63, 3.8) is 0 Å². The molecule has 14 heavy (non-hydrogen) atoms. The number of hydrogen-bond donors (Lipinski definition) is 1. The topological polar surface area (TPSA) is 38.7 Å². The Morgan fingerprint density at radius 3 is 2.21 bits per heavy atom. The standard InChI is InChI=1S/C11H18O3/c1-9(2,12)6-7-11(5)8-13-10(3,4)14-11/h12H,8H2,1-5H3. The van der Waals surface area contributed by atoms with Crippen LogP contribution < -0.4 is 0 Å². The van der Waals surface area contributed by atoms with Gasteiger partial charge in [0.15, 0.2) is 11.4 Å². The SMILES string of the molecule is CC(C)(O)C#CC1(C)COC(C)(C)O1. The lowest BCUT2D eigenvalue weighted by atomic mass is 10.1. The summed E-state index contributed by atoms with van der Waals surface area (Å²) in [6.45, 7) is 9.28. The van der Waals surface area contributed by atoms with Gasteiger partial charge in [-0.1, -0.05) is 11.8 Å². The van der Waals surface area contributed by atoms with Crippen molar-refractivity contribution in [1.29, 1.82) is 0 Å². The summed E-state index contributed by atoms with van der Waals surface area (Å²) in [7, 11) is 0. The molecule has 3 nitrogen and oxygen atoms in total.